The number of hydrogen-bond donors (Lipinski definition) is 2. The van der Waals surface area contributed by atoms with Gasteiger partial charge in [0.05, 0.1) is 0 Å². The predicted molar refractivity (Wildman–Crippen MR) is 77.8 cm³/mol. The maximum Gasteiger partial charge on any atom is 0.133 e. The van der Waals surface area contributed by atoms with Gasteiger partial charge in [-0.3, -0.25) is 0 Å². The van der Waals surface area contributed by atoms with Gasteiger partial charge in [-0.05, 0) is 45.3 Å². The van der Waals surface area contributed by atoms with Crippen molar-refractivity contribution in [1.29, 1.82) is 0 Å². The van der Waals surface area contributed by atoms with E-state index in [0.717, 1.165) is 30.3 Å². The van der Waals surface area contributed by atoms with E-state index >= 15 is 0 Å². The highest BCUT2D eigenvalue weighted by molar-refractivity contribution is 5.99. The van der Waals surface area contributed by atoms with Gasteiger partial charge in [0.1, 0.15) is 11.6 Å². The second kappa shape index (κ2) is 5.84. The second-order valence-corrected chi connectivity index (χ2v) is 4.83. The van der Waals surface area contributed by atoms with E-state index in [4.69, 9.17) is 5.73 Å². The number of nitrogens with zero attached hydrogens (tertiary/aromatic N) is 2. The molecule has 0 spiro atoms. The SMILES string of the molecule is CN(C)CCCNc1nccc2c(N)cc(F)cc12. The molecule has 1 aromatic carbocycles. The standard InChI is InChI=1S/C14H19FN4/c1-19(2)7-3-5-17-14-12-8-10(15)9-13(16)11(12)4-6-18-14/h4,6,8-9H,3,5,7,16H2,1-2H3,(H,17,18). The van der Waals surface area contributed by atoms with Gasteiger partial charge in [-0.15, -0.1) is 0 Å². The molecule has 2 rings (SSSR count). The van der Waals surface area contributed by atoms with E-state index in [9.17, 15) is 4.39 Å². The van der Waals surface area contributed by atoms with E-state index in [1.165, 1.54) is 12.1 Å². The fourth-order valence-electron chi connectivity index (χ4n) is 2.02. The Labute approximate surface area is 112 Å². The number of hydrogen-bond acceptors (Lipinski definition) is 4. The predicted octanol–water partition coefficient (Wildman–Crippen LogP) is 2.32. The van der Waals surface area contributed by atoms with Crippen molar-refractivity contribution >= 4 is 22.3 Å². The summed E-state index contributed by atoms with van der Waals surface area (Å²) in [6, 6.07) is 4.60. The molecule has 5 heteroatoms. The van der Waals surface area contributed by atoms with Crippen LogP contribution < -0.4 is 11.1 Å². The molecule has 0 unspecified atom stereocenters. The topological polar surface area (TPSA) is 54.2 Å². The molecule has 2 aromatic rings. The number of fused-ring (bicyclic) bond motifs is 1. The number of pyridine rings is 1. The van der Waals surface area contributed by atoms with Crippen molar-refractivity contribution in [1.82, 2.24) is 9.88 Å². The lowest BCUT2D eigenvalue weighted by atomic mass is 10.1. The molecule has 0 aliphatic carbocycles. The molecule has 0 saturated heterocycles. The van der Waals surface area contributed by atoms with Crippen molar-refractivity contribution in [2.24, 2.45) is 0 Å². The first kappa shape index (κ1) is 13.5. The number of aromatic nitrogens is 1. The summed E-state index contributed by atoms with van der Waals surface area (Å²) in [5.74, 6) is 0.344. The normalized spacial score (nSPS) is 11.2. The van der Waals surface area contributed by atoms with Gasteiger partial charge >= 0.3 is 0 Å². The zero-order valence-electron chi connectivity index (χ0n) is 11.3. The highest BCUT2D eigenvalue weighted by Crippen LogP contribution is 2.27. The molecule has 1 heterocycles. The zero-order valence-corrected chi connectivity index (χ0v) is 11.3. The summed E-state index contributed by atoms with van der Waals surface area (Å²) >= 11 is 0. The van der Waals surface area contributed by atoms with Crippen LogP contribution in [-0.4, -0.2) is 37.1 Å². The third-order valence-electron chi connectivity index (χ3n) is 2.95. The molecule has 0 radical (unpaired) electrons. The third kappa shape index (κ3) is 3.32. The molecule has 19 heavy (non-hydrogen) atoms. The smallest absolute Gasteiger partial charge is 0.133 e. The molecule has 0 fully saturated rings. The molecular weight excluding hydrogens is 243 g/mol. The lowest BCUT2D eigenvalue weighted by Crippen LogP contribution is -2.16. The quantitative estimate of drug-likeness (QED) is 0.641. The Morgan fingerprint density at radius 3 is 2.84 bits per heavy atom. The summed E-state index contributed by atoms with van der Waals surface area (Å²) in [6.45, 7) is 1.79. The number of rotatable bonds is 5. The van der Waals surface area contributed by atoms with Crippen molar-refractivity contribution < 1.29 is 4.39 Å². The average molecular weight is 262 g/mol. The Balaban J connectivity index is 2.19. The van der Waals surface area contributed by atoms with E-state index in [1.54, 1.807) is 12.3 Å². The van der Waals surface area contributed by atoms with Crippen LogP contribution in [0.4, 0.5) is 15.9 Å². The van der Waals surface area contributed by atoms with Gasteiger partial charge in [-0.1, -0.05) is 0 Å². The summed E-state index contributed by atoms with van der Waals surface area (Å²) in [4.78, 5) is 6.38. The van der Waals surface area contributed by atoms with Gasteiger partial charge in [0.2, 0.25) is 0 Å². The van der Waals surface area contributed by atoms with Crippen LogP contribution in [0.1, 0.15) is 6.42 Å². The van der Waals surface area contributed by atoms with Gasteiger partial charge < -0.3 is 16.0 Å². The maximum atomic E-state index is 13.4. The van der Waals surface area contributed by atoms with E-state index in [-0.39, 0.29) is 5.82 Å². The Kier molecular flexibility index (Phi) is 4.16. The first-order valence-electron chi connectivity index (χ1n) is 6.30. The summed E-state index contributed by atoms with van der Waals surface area (Å²) < 4.78 is 13.4. The molecule has 0 saturated carbocycles. The summed E-state index contributed by atoms with van der Waals surface area (Å²) in [5, 5.41) is 4.79. The van der Waals surface area contributed by atoms with Gasteiger partial charge in [-0.2, -0.15) is 0 Å². The minimum atomic E-state index is -0.339. The summed E-state index contributed by atoms with van der Waals surface area (Å²) in [5.41, 5.74) is 6.26. The molecule has 4 nitrogen and oxygen atoms in total. The lowest BCUT2D eigenvalue weighted by Gasteiger charge is -2.12. The second-order valence-electron chi connectivity index (χ2n) is 4.83. The molecule has 102 valence electrons. The molecule has 3 N–H and O–H groups in total. The molecule has 0 atom stereocenters. The first-order chi connectivity index (χ1) is 9.08. The van der Waals surface area contributed by atoms with Crippen LogP contribution in [0.3, 0.4) is 0 Å². The van der Waals surface area contributed by atoms with Gasteiger partial charge in [-0.25, -0.2) is 9.37 Å². The van der Waals surface area contributed by atoms with Crippen LogP contribution in [-0.2, 0) is 0 Å². The van der Waals surface area contributed by atoms with Crippen molar-refractivity contribution in [2.75, 3.05) is 38.2 Å². The van der Waals surface area contributed by atoms with Crippen LogP contribution >= 0.6 is 0 Å². The minimum Gasteiger partial charge on any atom is -0.398 e. The van der Waals surface area contributed by atoms with Crippen LogP contribution in [0.5, 0.6) is 0 Å². The molecular formula is C14H19FN4. The number of nitrogen functional groups attached to an aromatic ring is 1. The van der Waals surface area contributed by atoms with Crippen LogP contribution in [0.2, 0.25) is 0 Å². The molecule has 0 aliphatic heterocycles. The monoisotopic (exact) mass is 262 g/mol. The van der Waals surface area contributed by atoms with Crippen molar-refractivity contribution in [3.8, 4) is 0 Å². The number of anilines is 2. The van der Waals surface area contributed by atoms with E-state index in [1.807, 2.05) is 14.1 Å². The Morgan fingerprint density at radius 2 is 2.11 bits per heavy atom. The van der Waals surface area contributed by atoms with E-state index < -0.39 is 0 Å². The van der Waals surface area contributed by atoms with Gasteiger partial charge in [0, 0.05) is 29.2 Å². The maximum absolute atomic E-state index is 13.4. The number of nitrogens with one attached hydrogen (secondary N) is 1. The van der Waals surface area contributed by atoms with Crippen LogP contribution in [0.25, 0.3) is 10.8 Å². The average Bonchev–Trinajstić information content (AvgIpc) is 2.34. The highest BCUT2D eigenvalue weighted by Gasteiger charge is 2.06. The fraction of sp³-hybridized carbons (Fsp3) is 0.357. The molecule has 0 bridgehead atoms. The van der Waals surface area contributed by atoms with Crippen LogP contribution in [0.15, 0.2) is 24.4 Å². The van der Waals surface area contributed by atoms with Crippen molar-refractivity contribution in [2.45, 2.75) is 6.42 Å². The minimum absolute atomic E-state index is 0.339. The number of halogens is 1. The summed E-state index contributed by atoms with van der Waals surface area (Å²) in [6.07, 6.45) is 2.68. The summed E-state index contributed by atoms with van der Waals surface area (Å²) in [7, 11) is 4.07. The Morgan fingerprint density at radius 1 is 1.32 bits per heavy atom. The Hall–Kier alpha value is -1.88. The molecule has 1 aromatic heterocycles. The number of benzene rings is 1. The van der Waals surface area contributed by atoms with Crippen molar-refractivity contribution in [3.63, 3.8) is 0 Å². The van der Waals surface area contributed by atoms with E-state index in [0.29, 0.717) is 11.5 Å². The molecule has 0 aliphatic rings. The van der Waals surface area contributed by atoms with Gasteiger partial charge in [0.25, 0.3) is 0 Å². The zero-order chi connectivity index (χ0) is 13.8. The molecule has 0 amide bonds. The Bertz CT molecular complexity index is 569. The largest absolute Gasteiger partial charge is 0.398 e. The van der Waals surface area contributed by atoms with Gasteiger partial charge in [0.15, 0.2) is 0 Å². The van der Waals surface area contributed by atoms with E-state index in [2.05, 4.69) is 15.2 Å². The fourth-order valence-corrected chi connectivity index (χ4v) is 2.02. The van der Waals surface area contributed by atoms with Crippen LogP contribution in [0, 0.1) is 5.82 Å². The highest BCUT2D eigenvalue weighted by atomic mass is 19.1. The number of nitrogens with two attached hydrogens (primary N) is 1. The third-order valence-corrected chi connectivity index (χ3v) is 2.95. The van der Waals surface area contributed by atoms with Crippen molar-refractivity contribution in [3.05, 3.63) is 30.2 Å². The lowest BCUT2D eigenvalue weighted by molar-refractivity contribution is 0.405. The first-order valence-corrected chi connectivity index (χ1v) is 6.30.